The number of nitrogens with two attached hydrogens (primary N) is 1. The summed E-state index contributed by atoms with van der Waals surface area (Å²) in [5.74, 6) is -9.09. The van der Waals surface area contributed by atoms with E-state index in [1.165, 1.54) is 18.2 Å². The van der Waals surface area contributed by atoms with E-state index in [0.717, 1.165) is 24.3 Å². The Bertz CT molecular complexity index is 2220. The number of nitrogens with zero attached hydrogens (tertiary/aromatic N) is 3. The van der Waals surface area contributed by atoms with Crippen LogP contribution < -0.4 is 11.1 Å². The molecule has 3 atom stereocenters. The summed E-state index contributed by atoms with van der Waals surface area (Å²) in [6.45, 7) is -0.990. The van der Waals surface area contributed by atoms with Gasteiger partial charge in [0.25, 0.3) is 24.2 Å². The van der Waals surface area contributed by atoms with E-state index in [-0.39, 0.29) is 40.1 Å². The predicted molar refractivity (Wildman–Crippen MR) is 167 cm³/mol. The van der Waals surface area contributed by atoms with Crippen LogP contribution in [0.5, 0.6) is 0 Å². The van der Waals surface area contributed by atoms with Crippen molar-refractivity contribution < 1.29 is 54.2 Å². The van der Waals surface area contributed by atoms with Crippen molar-refractivity contribution in [1.82, 2.24) is 20.1 Å². The average Bonchev–Trinajstić information content (AvgIpc) is 3.70. The van der Waals surface area contributed by atoms with E-state index < -0.39 is 114 Å². The molecule has 2 fully saturated rings. The number of pyridine rings is 1. The van der Waals surface area contributed by atoms with Gasteiger partial charge in [-0.3, -0.25) is 14.3 Å². The SMILES string of the molecule is NC(=O)c1cc(-c2ccc(C#CC3(O)CC(F)(F)C3)nc2[C@H](Cc2cc(F)cc(F)c2)NC(=O)Cn2nc(C(F)F)c3c2C(F)(F)[C@@H]2C[C@H]32)ccc1F. The summed E-state index contributed by atoms with van der Waals surface area (Å²) in [5.41, 5.74) is 0.557. The molecule has 3 aliphatic carbocycles. The largest absolute Gasteiger partial charge is 0.377 e. The van der Waals surface area contributed by atoms with E-state index in [1.54, 1.807) is 0 Å². The van der Waals surface area contributed by atoms with Crippen molar-refractivity contribution in [2.24, 2.45) is 11.7 Å². The number of carbonyl (C=O) groups is 2. The Morgan fingerprint density at radius 1 is 1.00 bits per heavy atom. The quantitative estimate of drug-likeness (QED) is 0.139. The molecule has 2 amide bonds. The number of amides is 2. The van der Waals surface area contributed by atoms with Gasteiger partial charge in [-0.15, -0.1) is 0 Å². The minimum absolute atomic E-state index is 0.0156. The van der Waals surface area contributed by atoms with Crippen LogP contribution in [0, 0.1) is 35.2 Å². The van der Waals surface area contributed by atoms with E-state index in [0.29, 0.717) is 10.7 Å². The number of rotatable bonds is 9. The Labute approximate surface area is 294 Å². The van der Waals surface area contributed by atoms with Crippen molar-refractivity contribution in [2.45, 2.75) is 68.1 Å². The Morgan fingerprint density at radius 3 is 2.34 bits per heavy atom. The molecule has 0 radical (unpaired) electrons. The molecule has 3 aliphatic rings. The normalized spacial score (nSPS) is 20.4. The van der Waals surface area contributed by atoms with Gasteiger partial charge < -0.3 is 16.2 Å². The Kier molecular flexibility index (Phi) is 8.59. The second kappa shape index (κ2) is 12.6. The first-order valence-corrected chi connectivity index (χ1v) is 16.1. The summed E-state index contributed by atoms with van der Waals surface area (Å²) in [6.07, 6.45) is -5.56. The van der Waals surface area contributed by atoms with Crippen molar-refractivity contribution in [2.75, 3.05) is 0 Å². The van der Waals surface area contributed by atoms with Gasteiger partial charge in [-0.2, -0.15) is 13.9 Å². The number of aliphatic hydroxyl groups is 1. The van der Waals surface area contributed by atoms with Gasteiger partial charge in [0.2, 0.25) is 5.91 Å². The minimum Gasteiger partial charge on any atom is -0.377 e. The maximum atomic E-state index is 15.2. The highest BCUT2D eigenvalue weighted by Crippen LogP contribution is 2.68. The molecular weight excluding hydrogens is 721 g/mol. The van der Waals surface area contributed by atoms with Crippen molar-refractivity contribution in [1.29, 1.82) is 0 Å². The number of nitrogens with one attached hydrogen (secondary N) is 1. The lowest BCUT2D eigenvalue weighted by molar-refractivity contribution is -0.176. The first-order chi connectivity index (χ1) is 24.8. The predicted octanol–water partition coefficient (Wildman–Crippen LogP) is 6.22. The third kappa shape index (κ3) is 6.83. The van der Waals surface area contributed by atoms with Crippen LogP contribution in [0.3, 0.4) is 0 Å². The van der Waals surface area contributed by atoms with Crippen molar-refractivity contribution in [3.63, 3.8) is 0 Å². The van der Waals surface area contributed by atoms with Gasteiger partial charge in [-0.1, -0.05) is 12.0 Å². The Balaban J connectivity index is 1.32. The Hall–Kier alpha value is -5.37. The molecule has 8 nitrogen and oxygen atoms in total. The third-order valence-corrected chi connectivity index (χ3v) is 9.48. The van der Waals surface area contributed by atoms with E-state index in [9.17, 15) is 45.4 Å². The maximum Gasteiger partial charge on any atom is 0.293 e. The zero-order chi connectivity index (χ0) is 38.2. The van der Waals surface area contributed by atoms with Crippen molar-refractivity contribution in [3.05, 3.63) is 105 Å². The number of hydrogen-bond donors (Lipinski definition) is 3. The van der Waals surface area contributed by atoms with Crippen molar-refractivity contribution >= 4 is 11.8 Å². The molecule has 276 valence electrons. The molecule has 2 saturated carbocycles. The lowest BCUT2D eigenvalue weighted by Gasteiger charge is -2.39. The molecule has 0 spiro atoms. The molecule has 4 aromatic rings. The van der Waals surface area contributed by atoms with Crippen LogP contribution >= 0.6 is 0 Å². The molecule has 2 aromatic carbocycles. The summed E-state index contributed by atoms with van der Waals surface area (Å²) in [6, 6.07) is 6.84. The highest BCUT2D eigenvalue weighted by atomic mass is 19.3. The summed E-state index contributed by atoms with van der Waals surface area (Å²) in [5, 5.41) is 16.6. The lowest BCUT2D eigenvalue weighted by Crippen LogP contribution is -2.50. The zero-order valence-corrected chi connectivity index (χ0v) is 27.0. The molecule has 0 bridgehead atoms. The summed E-state index contributed by atoms with van der Waals surface area (Å²) in [7, 11) is 0. The van der Waals surface area contributed by atoms with Crippen LogP contribution in [0.4, 0.5) is 39.5 Å². The van der Waals surface area contributed by atoms with Crippen LogP contribution in [0.2, 0.25) is 0 Å². The van der Waals surface area contributed by atoms with E-state index in [4.69, 9.17) is 5.73 Å². The molecule has 17 heteroatoms. The second-order valence-electron chi connectivity index (χ2n) is 13.5. The molecule has 4 N–H and O–H groups in total. The molecule has 0 unspecified atom stereocenters. The maximum absolute atomic E-state index is 15.2. The van der Waals surface area contributed by atoms with E-state index in [2.05, 4.69) is 27.2 Å². The molecule has 53 heavy (non-hydrogen) atoms. The molecule has 2 aromatic heterocycles. The van der Waals surface area contributed by atoms with Gasteiger partial charge in [0.15, 0.2) is 0 Å². The van der Waals surface area contributed by atoms with Crippen LogP contribution in [0.1, 0.15) is 81.9 Å². The van der Waals surface area contributed by atoms with Crippen LogP contribution in [-0.4, -0.2) is 43.2 Å². The Morgan fingerprint density at radius 2 is 1.70 bits per heavy atom. The van der Waals surface area contributed by atoms with E-state index >= 15 is 8.78 Å². The number of aromatic nitrogens is 3. The molecule has 0 aliphatic heterocycles. The van der Waals surface area contributed by atoms with Gasteiger partial charge >= 0.3 is 0 Å². The summed E-state index contributed by atoms with van der Waals surface area (Å²) < 4.78 is 129. The number of halogens is 9. The molecule has 7 rings (SSSR count). The number of alkyl halides is 6. The van der Waals surface area contributed by atoms with Gasteiger partial charge in [0.05, 0.1) is 30.1 Å². The highest BCUT2D eigenvalue weighted by Gasteiger charge is 2.67. The number of primary amides is 1. The number of hydrogen-bond acceptors (Lipinski definition) is 5. The summed E-state index contributed by atoms with van der Waals surface area (Å²) in [4.78, 5) is 30.1. The fraction of sp³-hybridized carbons (Fsp3) is 0.333. The first-order valence-electron chi connectivity index (χ1n) is 16.1. The fourth-order valence-electron chi connectivity index (χ4n) is 7.14. The monoisotopic (exact) mass is 747 g/mol. The van der Waals surface area contributed by atoms with Crippen LogP contribution in [0.15, 0.2) is 48.5 Å². The van der Waals surface area contributed by atoms with Gasteiger partial charge in [0, 0.05) is 23.1 Å². The fourth-order valence-corrected chi connectivity index (χ4v) is 7.14. The number of carbonyl (C=O) groups excluding carboxylic acids is 2. The number of fused-ring (bicyclic) bond motifs is 3. The molecule has 0 saturated heterocycles. The number of benzene rings is 2. The topological polar surface area (TPSA) is 123 Å². The van der Waals surface area contributed by atoms with Crippen LogP contribution in [-0.2, 0) is 23.7 Å². The second-order valence-corrected chi connectivity index (χ2v) is 13.5. The average molecular weight is 748 g/mol. The van der Waals surface area contributed by atoms with Crippen LogP contribution in [0.25, 0.3) is 11.1 Å². The highest BCUT2D eigenvalue weighted by molar-refractivity contribution is 5.94. The molecule has 2 heterocycles. The smallest absolute Gasteiger partial charge is 0.293 e. The standard InChI is InChI=1S/C36H26F9N5O3/c37-18-7-16(8-19(38)11-18)9-26(48-27(51)13-50-31-28(30(49-50)32(40)41)22-12-24(22)36(31,44)45)29-21(17-1-4-25(39)23(10-17)33(46)52)3-2-20(47-29)5-6-34(53)14-35(42,43)15-34/h1-4,7-8,10-11,22,24,26,32,53H,9,12-15H2,(H2,46,52)(H,48,51)/t22-,24+,26-/m0/s1. The first kappa shape index (κ1) is 36.0. The van der Waals surface area contributed by atoms with Gasteiger partial charge in [-0.05, 0) is 72.2 Å². The zero-order valence-electron chi connectivity index (χ0n) is 27.0. The molecular formula is C36H26F9N5O3. The minimum atomic E-state index is -3.55. The van der Waals surface area contributed by atoms with E-state index in [1.807, 2.05) is 0 Å². The van der Waals surface area contributed by atoms with Crippen molar-refractivity contribution in [3.8, 4) is 23.0 Å². The summed E-state index contributed by atoms with van der Waals surface area (Å²) >= 11 is 0. The lowest BCUT2D eigenvalue weighted by atomic mass is 9.77. The third-order valence-electron chi connectivity index (χ3n) is 9.48. The van der Waals surface area contributed by atoms with Gasteiger partial charge in [0.1, 0.15) is 46.7 Å². The van der Waals surface area contributed by atoms with Gasteiger partial charge in [-0.25, -0.2) is 35.7 Å².